The first-order chi connectivity index (χ1) is 10.9. The van der Waals surface area contributed by atoms with Gasteiger partial charge in [0.1, 0.15) is 11.8 Å². The molecule has 0 spiro atoms. The molecule has 0 radical (unpaired) electrons. The lowest BCUT2D eigenvalue weighted by Crippen LogP contribution is -2.19. The van der Waals surface area contributed by atoms with Gasteiger partial charge in [0.05, 0.1) is 4.90 Å². The smallest absolute Gasteiger partial charge is 0.294 e. The Morgan fingerprint density at radius 1 is 1.04 bits per heavy atom. The summed E-state index contributed by atoms with van der Waals surface area (Å²) in [5.74, 6) is 0.515. The second kappa shape index (κ2) is 5.78. The predicted molar refractivity (Wildman–Crippen MR) is 82.7 cm³/mol. The number of benzene rings is 2. The number of hydrogen-bond donors (Lipinski definition) is 2. The van der Waals surface area contributed by atoms with Crippen LogP contribution in [-0.4, -0.2) is 23.4 Å². The van der Waals surface area contributed by atoms with Crippen LogP contribution >= 0.6 is 0 Å². The van der Waals surface area contributed by atoms with E-state index >= 15 is 0 Å². The fourth-order valence-electron chi connectivity index (χ4n) is 2.64. The Balaban J connectivity index is 2.04. The second-order valence-corrected chi connectivity index (χ2v) is 6.60. The zero-order valence-electron chi connectivity index (χ0n) is 12.2. The lowest BCUT2D eigenvalue weighted by atomic mass is 9.93. The van der Waals surface area contributed by atoms with Crippen molar-refractivity contribution in [1.29, 1.82) is 0 Å². The van der Waals surface area contributed by atoms with Crippen LogP contribution in [0.5, 0.6) is 0 Å². The highest BCUT2D eigenvalue weighted by atomic mass is 32.2. The highest BCUT2D eigenvalue weighted by molar-refractivity contribution is 7.85. The van der Waals surface area contributed by atoms with Crippen LogP contribution in [-0.2, 0) is 15.0 Å². The van der Waals surface area contributed by atoms with Gasteiger partial charge in [-0.2, -0.15) is 8.42 Å². The van der Waals surface area contributed by atoms with Crippen molar-refractivity contribution in [3.05, 3.63) is 71.5 Å². The Morgan fingerprint density at radius 3 is 2.22 bits per heavy atom. The molecule has 1 aliphatic rings. The maximum atomic E-state index is 11.1. The van der Waals surface area contributed by atoms with Gasteiger partial charge in [0.25, 0.3) is 10.1 Å². The molecule has 1 unspecified atom stereocenters. The molecule has 2 aromatic rings. The lowest BCUT2D eigenvalue weighted by Gasteiger charge is -2.19. The van der Waals surface area contributed by atoms with Crippen molar-refractivity contribution in [2.24, 2.45) is 0 Å². The molecule has 0 amide bonds. The van der Waals surface area contributed by atoms with Crippen LogP contribution in [0.2, 0.25) is 0 Å². The van der Waals surface area contributed by atoms with Gasteiger partial charge in [0, 0.05) is 5.57 Å². The van der Waals surface area contributed by atoms with Crippen molar-refractivity contribution in [3.8, 4) is 0 Å². The maximum absolute atomic E-state index is 11.1. The van der Waals surface area contributed by atoms with Gasteiger partial charge in [-0.15, -0.1) is 0 Å². The third-order valence-corrected chi connectivity index (χ3v) is 4.55. The molecule has 2 aromatic carbocycles. The van der Waals surface area contributed by atoms with Crippen molar-refractivity contribution in [2.75, 3.05) is 0 Å². The Morgan fingerprint density at radius 2 is 1.65 bits per heavy atom. The zero-order valence-corrected chi connectivity index (χ0v) is 13.1. The van der Waals surface area contributed by atoms with Crippen LogP contribution in [0.1, 0.15) is 24.1 Å². The van der Waals surface area contributed by atoms with Crippen molar-refractivity contribution < 1.29 is 23.0 Å². The Bertz CT molecular complexity index is 844. The molecule has 0 aliphatic carbocycles. The summed E-state index contributed by atoms with van der Waals surface area (Å²) in [5, 5.41) is 10.8. The highest BCUT2D eigenvalue weighted by Gasteiger charge is 2.34. The van der Waals surface area contributed by atoms with E-state index in [9.17, 15) is 13.6 Å². The van der Waals surface area contributed by atoms with Crippen molar-refractivity contribution in [2.45, 2.75) is 17.9 Å². The standard InChI is InChI=1S/C16H15NO5S/c1-11-15(12-7-9-14(10-8-12)23(19,20)21)16(17(18)22-11)13-5-3-2-4-6-13/h2-10,16,18H,1H3,(H,19,20,21). The van der Waals surface area contributed by atoms with Crippen LogP contribution in [0.25, 0.3) is 5.57 Å². The van der Waals surface area contributed by atoms with E-state index in [1.165, 1.54) is 12.1 Å². The molecule has 0 saturated carbocycles. The Kier molecular flexibility index (Phi) is 3.95. The summed E-state index contributed by atoms with van der Waals surface area (Å²) in [6.07, 6.45) is 0. The Labute approximate surface area is 133 Å². The summed E-state index contributed by atoms with van der Waals surface area (Å²) in [6.45, 7) is 1.72. The SMILES string of the molecule is CC1=C(c2ccc(S(=O)(=O)O)cc2)C(c2ccccc2)N(O)O1. The minimum Gasteiger partial charge on any atom is -0.384 e. The quantitative estimate of drug-likeness (QED) is 0.840. The van der Waals surface area contributed by atoms with E-state index in [1.807, 2.05) is 30.3 Å². The average molecular weight is 333 g/mol. The molecule has 7 heteroatoms. The summed E-state index contributed by atoms with van der Waals surface area (Å²) < 4.78 is 31.3. The molecule has 120 valence electrons. The third-order valence-electron chi connectivity index (χ3n) is 3.68. The molecule has 0 saturated heterocycles. The van der Waals surface area contributed by atoms with Gasteiger partial charge in [0.15, 0.2) is 0 Å². The summed E-state index contributed by atoms with van der Waals surface area (Å²) in [7, 11) is -4.24. The number of nitrogens with zero attached hydrogens (tertiary/aromatic N) is 1. The van der Waals surface area contributed by atoms with Crippen LogP contribution in [0, 0.1) is 0 Å². The molecule has 1 atom stereocenters. The molecular weight excluding hydrogens is 318 g/mol. The summed E-state index contributed by atoms with van der Waals surface area (Å²) in [5.41, 5.74) is 2.25. The summed E-state index contributed by atoms with van der Waals surface area (Å²) in [6, 6.07) is 14.6. The molecule has 0 bridgehead atoms. The van der Waals surface area contributed by atoms with Crippen LogP contribution in [0.15, 0.2) is 65.3 Å². The van der Waals surface area contributed by atoms with E-state index in [-0.39, 0.29) is 4.90 Å². The lowest BCUT2D eigenvalue weighted by molar-refractivity contribution is -0.320. The maximum Gasteiger partial charge on any atom is 0.294 e. The van der Waals surface area contributed by atoms with Crippen LogP contribution < -0.4 is 0 Å². The molecular formula is C16H15NO5S. The molecule has 6 nitrogen and oxygen atoms in total. The molecule has 2 N–H and O–H groups in total. The normalized spacial score (nSPS) is 19.0. The monoisotopic (exact) mass is 333 g/mol. The molecule has 3 rings (SSSR count). The van der Waals surface area contributed by atoms with Gasteiger partial charge >= 0.3 is 0 Å². The molecule has 23 heavy (non-hydrogen) atoms. The fourth-order valence-corrected chi connectivity index (χ4v) is 3.12. The number of hydroxylamine groups is 2. The summed E-state index contributed by atoms with van der Waals surface area (Å²) in [4.78, 5) is 5.11. The molecule has 0 fully saturated rings. The van der Waals surface area contributed by atoms with E-state index in [1.54, 1.807) is 19.1 Å². The third kappa shape index (κ3) is 2.99. The van der Waals surface area contributed by atoms with E-state index in [4.69, 9.17) is 9.39 Å². The average Bonchev–Trinajstić information content (AvgIpc) is 2.82. The highest BCUT2D eigenvalue weighted by Crippen LogP contribution is 2.42. The van der Waals surface area contributed by atoms with Crippen LogP contribution in [0.4, 0.5) is 0 Å². The van der Waals surface area contributed by atoms with Gasteiger partial charge < -0.3 is 4.84 Å². The first kappa shape index (κ1) is 15.7. The van der Waals surface area contributed by atoms with Gasteiger partial charge in [0.2, 0.25) is 0 Å². The topological polar surface area (TPSA) is 87.1 Å². The Hall–Kier alpha value is -2.19. The van der Waals surface area contributed by atoms with Gasteiger partial charge in [-0.25, -0.2) is 0 Å². The fraction of sp³-hybridized carbons (Fsp3) is 0.125. The van der Waals surface area contributed by atoms with Crippen molar-refractivity contribution >= 4 is 15.7 Å². The minimum atomic E-state index is -4.24. The number of rotatable bonds is 3. The minimum absolute atomic E-state index is 0.185. The van der Waals surface area contributed by atoms with Gasteiger partial charge in [-0.05, 0) is 35.4 Å². The van der Waals surface area contributed by atoms with Crippen molar-refractivity contribution in [3.63, 3.8) is 0 Å². The molecule has 1 aliphatic heterocycles. The number of hydrogen-bond acceptors (Lipinski definition) is 5. The van der Waals surface area contributed by atoms with E-state index in [2.05, 4.69) is 0 Å². The van der Waals surface area contributed by atoms with E-state index < -0.39 is 16.2 Å². The van der Waals surface area contributed by atoms with Gasteiger partial charge in [-0.3, -0.25) is 9.76 Å². The van der Waals surface area contributed by atoms with E-state index in [0.29, 0.717) is 11.3 Å². The van der Waals surface area contributed by atoms with Crippen molar-refractivity contribution in [1.82, 2.24) is 5.23 Å². The summed E-state index contributed by atoms with van der Waals surface area (Å²) >= 11 is 0. The second-order valence-electron chi connectivity index (χ2n) is 5.18. The first-order valence-electron chi connectivity index (χ1n) is 6.87. The zero-order chi connectivity index (χ0) is 16.6. The molecule has 1 heterocycles. The van der Waals surface area contributed by atoms with Crippen LogP contribution in [0.3, 0.4) is 0 Å². The largest absolute Gasteiger partial charge is 0.384 e. The molecule has 0 aromatic heterocycles. The van der Waals surface area contributed by atoms with E-state index in [0.717, 1.165) is 16.4 Å². The predicted octanol–water partition coefficient (Wildman–Crippen LogP) is 3.04. The first-order valence-corrected chi connectivity index (χ1v) is 8.31. The number of allylic oxidation sites excluding steroid dienone is 1. The van der Waals surface area contributed by atoms with Gasteiger partial charge in [-0.1, -0.05) is 42.5 Å².